The van der Waals surface area contributed by atoms with Crippen LogP contribution in [0.4, 0.5) is 5.69 Å². The predicted molar refractivity (Wildman–Crippen MR) is 128 cm³/mol. The number of carbonyl (C=O) groups excluding carboxylic acids is 1. The molecule has 0 N–H and O–H groups in total. The van der Waals surface area contributed by atoms with Crippen LogP contribution in [0.3, 0.4) is 0 Å². The van der Waals surface area contributed by atoms with E-state index in [2.05, 4.69) is 9.88 Å². The van der Waals surface area contributed by atoms with Gasteiger partial charge in [0.2, 0.25) is 9.84 Å². The highest BCUT2D eigenvalue weighted by molar-refractivity contribution is 7.91. The topological polar surface area (TPSA) is 71.8 Å². The molecule has 168 valence electrons. The number of carbonyl (C=O) groups is 1. The van der Waals surface area contributed by atoms with E-state index in [1.54, 1.807) is 54.9 Å². The second-order valence-corrected chi connectivity index (χ2v) is 10.3. The van der Waals surface area contributed by atoms with Crippen molar-refractivity contribution in [2.75, 3.05) is 18.0 Å². The molecule has 1 aliphatic rings. The molecule has 1 saturated heterocycles. The number of benzene rings is 2. The van der Waals surface area contributed by atoms with Gasteiger partial charge in [0.05, 0.1) is 9.79 Å². The number of nitrogens with zero attached hydrogens (tertiary/aromatic N) is 3. The Morgan fingerprint density at radius 3 is 2.52 bits per heavy atom. The highest BCUT2D eigenvalue weighted by Gasteiger charge is 2.20. The van der Waals surface area contributed by atoms with Crippen molar-refractivity contribution >= 4 is 27.0 Å². The van der Waals surface area contributed by atoms with E-state index in [1.165, 1.54) is 0 Å². The summed E-state index contributed by atoms with van der Waals surface area (Å²) >= 11 is 0. The zero-order chi connectivity index (χ0) is 22.8. The van der Waals surface area contributed by atoms with E-state index in [9.17, 15) is 13.2 Å². The smallest absolute Gasteiger partial charge is 0.206 e. The molecular formula is C26H25N3O3S. The van der Waals surface area contributed by atoms with E-state index in [-0.39, 0.29) is 10.7 Å². The average Bonchev–Trinajstić information content (AvgIpc) is 3.55. The van der Waals surface area contributed by atoms with Gasteiger partial charge in [0.15, 0.2) is 5.78 Å². The van der Waals surface area contributed by atoms with Crippen molar-refractivity contribution < 1.29 is 13.2 Å². The first-order valence-corrected chi connectivity index (χ1v) is 12.6. The van der Waals surface area contributed by atoms with Crippen molar-refractivity contribution in [1.82, 2.24) is 9.38 Å². The molecule has 0 atom stereocenters. The van der Waals surface area contributed by atoms with Gasteiger partial charge in [0, 0.05) is 49.4 Å². The number of hydrogen-bond acceptors (Lipinski definition) is 5. The number of anilines is 1. The lowest BCUT2D eigenvalue weighted by Crippen LogP contribution is -2.17. The van der Waals surface area contributed by atoms with Crippen molar-refractivity contribution in [1.29, 1.82) is 0 Å². The van der Waals surface area contributed by atoms with Gasteiger partial charge in [-0.05, 0) is 67.3 Å². The molecule has 1 fully saturated rings. The second kappa shape index (κ2) is 8.83. The van der Waals surface area contributed by atoms with E-state index >= 15 is 0 Å². The van der Waals surface area contributed by atoms with Crippen LogP contribution in [-0.4, -0.2) is 36.7 Å². The van der Waals surface area contributed by atoms with Crippen LogP contribution in [0.25, 0.3) is 5.65 Å². The minimum atomic E-state index is -3.60. The SMILES string of the molecule is O=C(CCc1ccc(S(=O)(=O)c2cccc(N3CCCC3)c2)cc1)c1ccc2nccn2c1. The summed E-state index contributed by atoms with van der Waals surface area (Å²) in [6.45, 7) is 1.93. The number of fused-ring (bicyclic) bond motifs is 1. The van der Waals surface area contributed by atoms with Gasteiger partial charge >= 0.3 is 0 Å². The maximum atomic E-state index is 13.2. The monoisotopic (exact) mass is 459 g/mol. The Morgan fingerprint density at radius 1 is 0.939 bits per heavy atom. The van der Waals surface area contributed by atoms with Gasteiger partial charge in [-0.3, -0.25) is 4.79 Å². The summed E-state index contributed by atoms with van der Waals surface area (Å²) in [6.07, 6.45) is 8.47. The summed E-state index contributed by atoms with van der Waals surface area (Å²) in [4.78, 5) is 19.6. The normalized spacial score (nSPS) is 14.1. The van der Waals surface area contributed by atoms with E-state index in [0.29, 0.717) is 23.3 Å². The first-order chi connectivity index (χ1) is 16.0. The lowest BCUT2D eigenvalue weighted by molar-refractivity contribution is 0.0982. The molecular weight excluding hydrogens is 434 g/mol. The fourth-order valence-electron chi connectivity index (χ4n) is 4.28. The first kappa shape index (κ1) is 21.4. The zero-order valence-electron chi connectivity index (χ0n) is 18.2. The van der Waals surface area contributed by atoms with Crippen LogP contribution < -0.4 is 4.90 Å². The largest absolute Gasteiger partial charge is 0.372 e. The Kier molecular flexibility index (Phi) is 5.72. The minimum absolute atomic E-state index is 0.0426. The molecule has 0 amide bonds. The Labute approximate surface area is 193 Å². The Hall–Kier alpha value is -3.45. The number of hydrogen-bond donors (Lipinski definition) is 0. The highest BCUT2D eigenvalue weighted by Crippen LogP contribution is 2.27. The molecule has 0 unspecified atom stereocenters. The van der Waals surface area contributed by atoms with Crippen LogP contribution in [0.15, 0.2) is 89.0 Å². The quantitative estimate of drug-likeness (QED) is 0.378. The molecule has 2 aromatic heterocycles. The van der Waals surface area contributed by atoms with Crippen LogP contribution in [0.2, 0.25) is 0 Å². The molecule has 0 bridgehead atoms. The van der Waals surface area contributed by atoms with Crippen LogP contribution in [0.5, 0.6) is 0 Å². The number of aromatic nitrogens is 2. The number of pyridine rings is 1. The summed E-state index contributed by atoms with van der Waals surface area (Å²) < 4.78 is 28.2. The molecule has 3 heterocycles. The summed E-state index contributed by atoms with van der Waals surface area (Å²) in [6, 6.07) is 17.7. The number of aryl methyl sites for hydroxylation is 1. The van der Waals surface area contributed by atoms with Gasteiger partial charge in [0.25, 0.3) is 0 Å². The van der Waals surface area contributed by atoms with Crippen molar-refractivity contribution in [3.05, 3.63) is 90.4 Å². The van der Waals surface area contributed by atoms with Crippen LogP contribution in [0, 0.1) is 0 Å². The van der Waals surface area contributed by atoms with Crippen LogP contribution in [-0.2, 0) is 16.3 Å². The number of rotatable bonds is 7. The average molecular weight is 460 g/mol. The van der Waals surface area contributed by atoms with Gasteiger partial charge < -0.3 is 9.30 Å². The molecule has 0 radical (unpaired) electrons. The number of ketones is 1. The van der Waals surface area contributed by atoms with Crippen LogP contribution in [0.1, 0.15) is 35.2 Å². The predicted octanol–water partition coefficient (Wildman–Crippen LogP) is 4.58. The zero-order valence-corrected chi connectivity index (χ0v) is 19.0. The summed E-state index contributed by atoms with van der Waals surface area (Å²) in [5.74, 6) is 0.0426. The first-order valence-electron chi connectivity index (χ1n) is 11.2. The van der Waals surface area contributed by atoms with Crippen molar-refractivity contribution in [3.8, 4) is 0 Å². The fourth-order valence-corrected chi connectivity index (χ4v) is 5.58. The third-order valence-electron chi connectivity index (χ3n) is 6.18. The Morgan fingerprint density at radius 2 is 1.73 bits per heavy atom. The molecule has 0 aliphatic carbocycles. The molecule has 5 rings (SSSR count). The molecule has 0 spiro atoms. The molecule has 2 aromatic carbocycles. The molecule has 4 aromatic rings. The van der Waals surface area contributed by atoms with E-state index in [4.69, 9.17) is 0 Å². The summed E-state index contributed by atoms with van der Waals surface area (Å²) in [5, 5.41) is 0. The van der Waals surface area contributed by atoms with Crippen molar-refractivity contribution in [2.45, 2.75) is 35.5 Å². The lowest BCUT2D eigenvalue weighted by atomic mass is 10.0. The van der Waals surface area contributed by atoms with Crippen LogP contribution >= 0.6 is 0 Å². The molecule has 6 nitrogen and oxygen atoms in total. The Balaban J connectivity index is 1.27. The van der Waals surface area contributed by atoms with Crippen molar-refractivity contribution in [3.63, 3.8) is 0 Å². The molecule has 0 saturated carbocycles. The minimum Gasteiger partial charge on any atom is -0.372 e. The number of imidazole rings is 1. The summed E-state index contributed by atoms with van der Waals surface area (Å²) in [5.41, 5.74) is 3.32. The van der Waals surface area contributed by atoms with E-state index < -0.39 is 9.84 Å². The van der Waals surface area contributed by atoms with Gasteiger partial charge in [-0.1, -0.05) is 18.2 Å². The highest BCUT2D eigenvalue weighted by atomic mass is 32.2. The van der Waals surface area contributed by atoms with Gasteiger partial charge in [-0.25, -0.2) is 13.4 Å². The maximum Gasteiger partial charge on any atom is 0.206 e. The second-order valence-electron chi connectivity index (χ2n) is 8.37. The number of sulfone groups is 1. The van der Waals surface area contributed by atoms with Gasteiger partial charge in [-0.2, -0.15) is 0 Å². The lowest BCUT2D eigenvalue weighted by Gasteiger charge is -2.18. The third kappa shape index (κ3) is 4.41. The van der Waals surface area contributed by atoms with E-state index in [1.807, 2.05) is 28.8 Å². The summed E-state index contributed by atoms with van der Waals surface area (Å²) in [7, 11) is -3.60. The standard InChI is InChI=1S/C26H25N3O3S/c30-25(21-9-13-26-27-14-17-29(26)19-21)12-8-20-6-10-23(11-7-20)33(31,32)24-5-3-4-22(18-24)28-15-1-2-16-28/h3-7,9-11,13-14,17-19H,1-2,8,12,15-16H2. The third-order valence-corrected chi connectivity index (χ3v) is 7.95. The molecule has 33 heavy (non-hydrogen) atoms. The van der Waals surface area contributed by atoms with E-state index in [0.717, 1.165) is 42.8 Å². The molecule has 7 heteroatoms. The van der Waals surface area contributed by atoms with Gasteiger partial charge in [-0.15, -0.1) is 0 Å². The van der Waals surface area contributed by atoms with Crippen molar-refractivity contribution in [2.24, 2.45) is 0 Å². The molecule has 1 aliphatic heterocycles. The number of Topliss-reactive ketones (excluding diaryl/α,β-unsaturated/α-hetero) is 1. The fraction of sp³-hybridized carbons (Fsp3) is 0.231. The Bertz CT molecular complexity index is 1400. The maximum absolute atomic E-state index is 13.2. The van der Waals surface area contributed by atoms with Gasteiger partial charge in [0.1, 0.15) is 5.65 Å².